The Morgan fingerprint density at radius 1 is 1.29 bits per heavy atom. The fraction of sp³-hybridized carbons (Fsp3) is 0.593. The number of fused-ring (bicyclic) bond motifs is 1. The van der Waals surface area contributed by atoms with Crippen molar-refractivity contribution in [1.29, 1.82) is 0 Å². The molecular formula is C27H40N6O7S. The molecule has 2 aliphatic heterocycles. The average molecular weight is 593 g/mol. The first-order valence-corrected chi connectivity index (χ1v) is 15.2. The number of nitrogens with one attached hydrogen (secondary N) is 1. The number of aryl methyl sites for hydroxylation is 1. The first-order chi connectivity index (χ1) is 19.5. The molecule has 0 spiro atoms. The van der Waals surface area contributed by atoms with Crippen molar-refractivity contribution in [2.24, 2.45) is 13.0 Å². The van der Waals surface area contributed by atoms with Crippen LogP contribution < -0.4 is 10.1 Å². The van der Waals surface area contributed by atoms with Crippen LogP contribution in [0, 0.1) is 5.92 Å². The minimum Gasteiger partial charge on any atom is -0.488 e. The van der Waals surface area contributed by atoms with Gasteiger partial charge in [0.05, 0.1) is 44.3 Å². The van der Waals surface area contributed by atoms with Crippen molar-refractivity contribution in [2.45, 2.75) is 37.4 Å². The molecule has 41 heavy (non-hydrogen) atoms. The Labute approximate surface area is 241 Å². The zero-order chi connectivity index (χ0) is 29.7. The fourth-order valence-electron chi connectivity index (χ4n) is 4.86. The Balaban J connectivity index is 1.55. The lowest BCUT2D eigenvalue weighted by Gasteiger charge is -2.38. The SMILES string of the molecule is C[C@@H]1CN([C@@H](C)CO)C(=O)c2cc(NC(=O)CCN3CCOCC3)ccc2O[C@@H]1CN(C)S(=O)(=O)c1cn(C)cn1. The van der Waals surface area contributed by atoms with Crippen LogP contribution in [0.25, 0.3) is 0 Å². The third-order valence-electron chi connectivity index (χ3n) is 7.50. The Hall–Kier alpha value is -3.04. The number of hydrogen-bond acceptors (Lipinski definition) is 9. The molecule has 226 valence electrons. The van der Waals surface area contributed by atoms with Crippen molar-refractivity contribution in [3.8, 4) is 5.75 Å². The third-order valence-corrected chi connectivity index (χ3v) is 9.21. The van der Waals surface area contributed by atoms with E-state index in [0.717, 1.165) is 13.1 Å². The maximum absolute atomic E-state index is 13.7. The maximum atomic E-state index is 13.7. The highest BCUT2D eigenvalue weighted by atomic mass is 32.2. The Kier molecular flexibility index (Phi) is 10.0. The van der Waals surface area contributed by atoms with Gasteiger partial charge in [0, 0.05) is 64.5 Å². The average Bonchev–Trinajstić information content (AvgIpc) is 3.41. The monoisotopic (exact) mass is 592 g/mol. The summed E-state index contributed by atoms with van der Waals surface area (Å²) >= 11 is 0. The fourth-order valence-corrected chi connectivity index (χ4v) is 6.00. The number of aliphatic hydroxyl groups excluding tert-OH is 1. The molecule has 3 atom stereocenters. The van der Waals surface area contributed by atoms with Crippen molar-refractivity contribution in [2.75, 3.05) is 64.9 Å². The summed E-state index contributed by atoms with van der Waals surface area (Å²) in [4.78, 5) is 34.1. The Bertz CT molecular complexity index is 1330. The van der Waals surface area contributed by atoms with Gasteiger partial charge in [-0.2, -0.15) is 4.31 Å². The van der Waals surface area contributed by atoms with Crippen LogP contribution in [0.1, 0.15) is 30.6 Å². The van der Waals surface area contributed by atoms with Gasteiger partial charge < -0.3 is 29.4 Å². The summed E-state index contributed by atoms with van der Waals surface area (Å²) in [5.74, 6) is -0.520. The van der Waals surface area contributed by atoms with Gasteiger partial charge in [-0.1, -0.05) is 6.92 Å². The molecule has 1 fully saturated rings. The number of aromatic nitrogens is 2. The van der Waals surface area contributed by atoms with Crippen molar-refractivity contribution in [3.63, 3.8) is 0 Å². The number of hydrogen-bond donors (Lipinski definition) is 2. The van der Waals surface area contributed by atoms with Crippen LogP contribution in [0.15, 0.2) is 35.7 Å². The molecule has 1 aromatic carbocycles. The number of imidazole rings is 1. The minimum atomic E-state index is -3.88. The summed E-state index contributed by atoms with van der Waals surface area (Å²) < 4.78 is 40.7. The topological polar surface area (TPSA) is 147 Å². The predicted molar refractivity (Wildman–Crippen MR) is 151 cm³/mol. The second kappa shape index (κ2) is 13.3. The van der Waals surface area contributed by atoms with Crippen LogP contribution in [-0.4, -0.2) is 121 Å². The molecule has 1 saturated heterocycles. The predicted octanol–water partition coefficient (Wildman–Crippen LogP) is 0.622. The summed E-state index contributed by atoms with van der Waals surface area (Å²) in [6.07, 6.45) is 2.54. The number of anilines is 1. The molecule has 4 rings (SSSR count). The van der Waals surface area contributed by atoms with Gasteiger partial charge in [-0.3, -0.25) is 14.5 Å². The summed E-state index contributed by atoms with van der Waals surface area (Å²) in [5.41, 5.74) is 0.674. The second-order valence-corrected chi connectivity index (χ2v) is 12.7. The van der Waals surface area contributed by atoms with Crippen molar-refractivity contribution < 1.29 is 32.6 Å². The third kappa shape index (κ3) is 7.43. The quantitative estimate of drug-likeness (QED) is 0.405. The zero-order valence-corrected chi connectivity index (χ0v) is 24.8. The van der Waals surface area contributed by atoms with Crippen molar-refractivity contribution in [1.82, 2.24) is 23.7 Å². The van der Waals surface area contributed by atoms with Crippen LogP contribution in [-0.2, 0) is 26.6 Å². The number of benzene rings is 1. The highest BCUT2D eigenvalue weighted by Gasteiger charge is 2.35. The highest BCUT2D eigenvalue weighted by molar-refractivity contribution is 7.89. The van der Waals surface area contributed by atoms with E-state index in [1.807, 2.05) is 6.92 Å². The number of ether oxygens (including phenoxy) is 2. The summed E-state index contributed by atoms with van der Waals surface area (Å²) in [7, 11) is -0.717. The number of rotatable bonds is 10. The number of carbonyl (C=O) groups is 2. The molecule has 2 aromatic rings. The number of nitrogens with zero attached hydrogens (tertiary/aromatic N) is 5. The van der Waals surface area contributed by atoms with Gasteiger partial charge in [0.2, 0.25) is 5.91 Å². The van der Waals surface area contributed by atoms with Crippen LogP contribution in [0.5, 0.6) is 5.75 Å². The number of aliphatic hydroxyl groups is 1. The molecule has 14 heteroatoms. The molecule has 2 N–H and O–H groups in total. The lowest BCUT2D eigenvalue weighted by Crippen LogP contribution is -2.50. The number of morpholine rings is 1. The number of amides is 2. The van der Waals surface area contributed by atoms with E-state index in [0.29, 0.717) is 31.9 Å². The van der Waals surface area contributed by atoms with Gasteiger partial charge in [0.15, 0.2) is 5.03 Å². The first kappa shape index (κ1) is 30.9. The molecule has 0 radical (unpaired) electrons. The standard InChI is InChI=1S/C27H40N6O7S/c1-19-14-33(20(2)17-34)27(36)22-13-21(29-25(35)7-8-32-9-11-39-12-10-32)5-6-23(22)40-24(19)15-31(4)41(37,38)26-16-30(3)18-28-26/h5-6,13,16,18-20,24,34H,7-12,14-15,17H2,1-4H3,(H,29,35)/t19-,20+,24-/m1/s1. The zero-order valence-electron chi connectivity index (χ0n) is 24.0. The van der Waals surface area contributed by atoms with Crippen LogP contribution in [0.2, 0.25) is 0 Å². The van der Waals surface area contributed by atoms with Crippen molar-refractivity contribution >= 4 is 27.5 Å². The van der Waals surface area contributed by atoms with E-state index < -0.39 is 22.2 Å². The molecule has 2 amide bonds. The normalized spacial score (nSPS) is 21.1. The van der Waals surface area contributed by atoms with Gasteiger partial charge in [-0.25, -0.2) is 13.4 Å². The molecule has 13 nitrogen and oxygen atoms in total. The van der Waals surface area contributed by atoms with E-state index in [2.05, 4.69) is 15.2 Å². The molecule has 0 bridgehead atoms. The van der Waals surface area contributed by atoms with Gasteiger partial charge in [-0.15, -0.1) is 0 Å². The first-order valence-electron chi connectivity index (χ1n) is 13.8. The van der Waals surface area contributed by atoms with Gasteiger partial charge in [0.25, 0.3) is 15.9 Å². The van der Waals surface area contributed by atoms with Gasteiger partial charge in [0.1, 0.15) is 11.9 Å². The Morgan fingerprint density at radius 2 is 2.02 bits per heavy atom. The molecule has 0 saturated carbocycles. The van der Waals surface area contributed by atoms with Crippen LogP contribution >= 0.6 is 0 Å². The summed E-state index contributed by atoms with van der Waals surface area (Å²) in [6.45, 7) is 7.12. The molecule has 2 aliphatic rings. The molecule has 1 aromatic heterocycles. The number of likely N-dealkylation sites (N-methyl/N-ethyl adjacent to an activating group) is 1. The minimum absolute atomic E-state index is 0.00901. The van der Waals surface area contributed by atoms with Gasteiger partial charge in [-0.05, 0) is 25.1 Å². The van der Waals surface area contributed by atoms with Gasteiger partial charge >= 0.3 is 0 Å². The maximum Gasteiger partial charge on any atom is 0.261 e. The molecule has 0 unspecified atom stereocenters. The van der Waals surface area contributed by atoms with Crippen LogP contribution in [0.4, 0.5) is 5.69 Å². The number of sulfonamides is 1. The molecule has 3 heterocycles. The van der Waals surface area contributed by atoms with E-state index in [1.165, 1.54) is 23.9 Å². The van der Waals surface area contributed by atoms with E-state index in [1.54, 1.807) is 41.6 Å². The van der Waals surface area contributed by atoms with E-state index in [9.17, 15) is 23.1 Å². The van der Waals surface area contributed by atoms with E-state index >= 15 is 0 Å². The number of carbonyl (C=O) groups excluding carboxylic acids is 2. The summed E-state index contributed by atoms with van der Waals surface area (Å²) in [6, 6.07) is 4.36. The second-order valence-electron chi connectivity index (χ2n) is 10.7. The molecule has 0 aliphatic carbocycles. The van der Waals surface area contributed by atoms with E-state index in [-0.39, 0.29) is 53.8 Å². The Morgan fingerprint density at radius 3 is 2.68 bits per heavy atom. The molecular weight excluding hydrogens is 552 g/mol. The van der Waals surface area contributed by atoms with E-state index in [4.69, 9.17) is 9.47 Å². The van der Waals surface area contributed by atoms with Crippen molar-refractivity contribution in [3.05, 3.63) is 36.3 Å². The highest BCUT2D eigenvalue weighted by Crippen LogP contribution is 2.31. The lowest BCUT2D eigenvalue weighted by atomic mass is 9.99. The smallest absolute Gasteiger partial charge is 0.261 e. The lowest BCUT2D eigenvalue weighted by molar-refractivity contribution is -0.116. The van der Waals surface area contributed by atoms with Crippen LogP contribution in [0.3, 0.4) is 0 Å². The summed E-state index contributed by atoms with van der Waals surface area (Å²) in [5, 5.41) is 12.7. The largest absolute Gasteiger partial charge is 0.488 e.